The summed E-state index contributed by atoms with van der Waals surface area (Å²) in [5, 5.41) is 10.2. The monoisotopic (exact) mass is 380 g/mol. The third kappa shape index (κ3) is 2.78. The average molecular weight is 381 g/mol. The fraction of sp³-hybridized carbons (Fsp3) is 0.136. The average Bonchev–Trinajstić information content (AvgIpc) is 2.71. The van der Waals surface area contributed by atoms with Gasteiger partial charge in [-0.05, 0) is 35.7 Å². The lowest BCUT2D eigenvalue weighted by atomic mass is 9.77. The minimum absolute atomic E-state index is 0.447. The third-order valence-electron chi connectivity index (χ3n) is 4.79. The van der Waals surface area contributed by atoms with Gasteiger partial charge in [0.25, 0.3) is 0 Å². The summed E-state index contributed by atoms with van der Waals surface area (Å²) in [6.07, 6.45) is -1.45. The first-order chi connectivity index (χ1) is 13.0. The molecule has 5 heteroatoms. The zero-order valence-corrected chi connectivity index (χ0v) is 15.3. The van der Waals surface area contributed by atoms with Gasteiger partial charge in [0.05, 0.1) is 0 Å². The maximum Gasteiger partial charge on any atom is 0.373 e. The van der Waals surface area contributed by atoms with Crippen molar-refractivity contribution >= 4 is 17.6 Å². The van der Waals surface area contributed by atoms with Crippen LogP contribution in [0.5, 0.6) is 5.75 Å². The molecule has 0 amide bonds. The molecule has 3 aromatic carbocycles. The second-order valence-corrected chi connectivity index (χ2v) is 6.77. The number of carboxylic acid groups (broad SMARTS) is 1. The lowest BCUT2D eigenvalue weighted by Gasteiger charge is -2.43. The van der Waals surface area contributed by atoms with Crippen molar-refractivity contribution < 1.29 is 19.4 Å². The van der Waals surface area contributed by atoms with Crippen LogP contribution in [-0.4, -0.2) is 17.4 Å². The summed E-state index contributed by atoms with van der Waals surface area (Å²) in [4.78, 5) is 11.8. The number of carboxylic acids is 1. The molecule has 136 valence electrons. The lowest BCUT2D eigenvalue weighted by molar-refractivity contribution is -0.196. The van der Waals surface area contributed by atoms with Gasteiger partial charge < -0.3 is 14.6 Å². The number of carbonyl (C=O) groups is 1. The van der Waals surface area contributed by atoms with Crippen molar-refractivity contribution in [3.63, 3.8) is 0 Å². The molecule has 1 aliphatic rings. The molecule has 0 saturated heterocycles. The van der Waals surface area contributed by atoms with Gasteiger partial charge >= 0.3 is 12.3 Å². The molecule has 0 saturated carbocycles. The fourth-order valence-corrected chi connectivity index (χ4v) is 3.75. The van der Waals surface area contributed by atoms with Crippen LogP contribution in [0.3, 0.4) is 0 Å². The van der Waals surface area contributed by atoms with Gasteiger partial charge in [-0.3, -0.25) is 0 Å². The molecule has 3 aromatic rings. The van der Waals surface area contributed by atoms with E-state index in [9.17, 15) is 9.90 Å². The van der Waals surface area contributed by atoms with E-state index < -0.39 is 17.9 Å². The summed E-state index contributed by atoms with van der Waals surface area (Å²) in [6.45, 7) is 1.88. The van der Waals surface area contributed by atoms with Gasteiger partial charge in [-0.2, -0.15) is 0 Å². The Kier molecular flexibility index (Phi) is 4.38. The first-order valence-electron chi connectivity index (χ1n) is 8.52. The van der Waals surface area contributed by atoms with Gasteiger partial charge in [-0.1, -0.05) is 72.3 Å². The number of ether oxygens (including phenoxy) is 2. The Balaban J connectivity index is 2.12. The fourth-order valence-electron chi connectivity index (χ4n) is 3.59. The molecule has 0 bridgehead atoms. The summed E-state index contributed by atoms with van der Waals surface area (Å²) in [6, 6.07) is 22.5. The van der Waals surface area contributed by atoms with Crippen molar-refractivity contribution in [1.82, 2.24) is 0 Å². The summed E-state index contributed by atoms with van der Waals surface area (Å²) < 4.78 is 11.8. The van der Waals surface area contributed by atoms with E-state index in [0.29, 0.717) is 16.3 Å². The number of halogens is 1. The first kappa shape index (κ1) is 17.6. The second kappa shape index (κ2) is 6.72. The summed E-state index contributed by atoms with van der Waals surface area (Å²) in [5.74, 6) is -0.743. The molecule has 1 atom stereocenters. The Labute approximate surface area is 161 Å². The number of benzene rings is 3. The Morgan fingerprint density at radius 3 is 2.04 bits per heavy atom. The van der Waals surface area contributed by atoms with Gasteiger partial charge in [-0.15, -0.1) is 0 Å². The standard InChI is InChI=1S/C22H17ClO4/c1-14-17(23)12-13-18-19(14)22(15-8-4-2-5-9-15,16-10-6-3-7-11-16)27-21(26-18)20(24)25/h2-13,21H,1H3,(H,24,25). The van der Waals surface area contributed by atoms with Crippen LogP contribution < -0.4 is 4.74 Å². The van der Waals surface area contributed by atoms with E-state index in [0.717, 1.165) is 16.7 Å². The second-order valence-electron chi connectivity index (χ2n) is 6.36. The minimum Gasteiger partial charge on any atom is -0.477 e. The molecule has 1 N–H and O–H groups in total. The van der Waals surface area contributed by atoms with Crippen molar-refractivity contribution in [2.45, 2.75) is 18.8 Å². The number of hydrogen-bond acceptors (Lipinski definition) is 3. The normalized spacial score (nSPS) is 17.6. The van der Waals surface area contributed by atoms with E-state index in [4.69, 9.17) is 21.1 Å². The zero-order chi connectivity index (χ0) is 19.0. The molecule has 0 aliphatic carbocycles. The molecular weight excluding hydrogens is 364 g/mol. The van der Waals surface area contributed by atoms with E-state index in [2.05, 4.69) is 0 Å². The third-order valence-corrected chi connectivity index (χ3v) is 5.20. The summed E-state index contributed by atoms with van der Waals surface area (Å²) in [5.41, 5.74) is 1.94. The van der Waals surface area contributed by atoms with Crippen molar-refractivity contribution in [3.05, 3.63) is 100 Å². The maximum atomic E-state index is 11.8. The molecule has 4 rings (SSSR count). The van der Waals surface area contributed by atoms with E-state index >= 15 is 0 Å². The van der Waals surface area contributed by atoms with Crippen LogP contribution >= 0.6 is 11.6 Å². The highest BCUT2D eigenvalue weighted by Gasteiger charge is 2.49. The highest BCUT2D eigenvalue weighted by Crippen LogP contribution is 2.50. The summed E-state index contributed by atoms with van der Waals surface area (Å²) in [7, 11) is 0. The predicted molar refractivity (Wildman–Crippen MR) is 102 cm³/mol. The molecule has 0 spiro atoms. The van der Waals surface area contributed by atoms with E-state index in [1.807, 2.05) is 67.6 Å². The van der Waals surface area contributed by atoms with Crippen LogP contribution in [0, 0.1) is 6.92 Å². The lowest BCUT2D eigenvalue weighted by Crippen LogP contribution is -2.47. The van der Waals surface area contributed by atoms with E-state index in [1.165, 1.54) is 0 Å². The van der Waals surface area contributed by atoms with Crippen molar-refractivity contribution in [3.8, 4) is 5.75 Å². The molecular formula is C22H17ClO4. The molecule has 1 heterocycles. The van der Waals surface area contributed by atoms with Crippen molar-refractivity contribution in [2.24, 2.45) is 0 Å². The van der Waals surface area contributed by atoms with Crippen LogP contribution in [0.2, 0.25) is 5.02 Å². The van der Waals surface area contributed by atoms with Crippen LogP contribution in [0.1, 0.15) is 22.3 Å². The topological polar surface area (TPSA) is 55.8 Å². The Morgan fingerprint density at radius 2 is 1.52 bits per heavy atom. The van der Waals surface area contributed by atoms with Crippen LogP contribution in [0.15, 0.2) is 72.8 Å². The largest absolute Gasteiger partial charge is 0.477 e. The van der Waals surface area contributed by atoms with Gasteiger partial charge in [0.2, 0.25) is 0 Å². The molecule has 4 nitrogen and oxygen atoms in total. The van der Waals surface area contributed by atoms with Gasteiger partial charge in [0, 0.05) is 10.6 Å². The molecule has 1 aliphatic heterocycles. The van der Waals surface area contributed by atoms with Crippen LogP contribution in [-0.2, 0) is 15.1 Å². The number of rotatable bonds is 3. The van der Waals surface area contributed by atoms with Crippen molar-refractivity contribution in [1.29, 1.82) is 0 Å². The zero-order valence-electron chi connectivity index (χ0n) is 14.6. The molecule has 0 aromatic heterocycles. The smallest absolute Gasteiger partial charge is 0.373 e. The minimum atomic E-state index is -1.45. The highest BCUT2D eigenvalue weighted by atomic mass is 35.5. The highest BCUT2D eigenvalue weighted by molar-refractivity contribution is 6.31. The number of fused-ring (bicyclic) bond motifs is 1. The Hall–Kier alpha value is -2.82. The van der Waals surface area contributed by atoms with Gasteiger partial charge in [0.1, 0.15) is 5.75 Å². The molecule has 27 heavy (non-hydrogen) atoms. The predicted octanol–water partition coefficient (Wildman–Crippen LogP) is 4.76. The van der Waals surface area contributed by atoms with Crippen molar-refractivity contribution in [2.75, 3.05) is 0 Å². The quantitative estimate of drug-likeness (QED) is 0.711. The van der Waals surface area contributed by atoms with Crippen LogP contribution in [0.4, 0.5) is 0 Å². The van der Waals surface area contributed by atoms with Crippen LogP contribution in [0.25, 0.3) is 0 Å². The molecule has 0 fully saturated rings. The van der Waals surface area contributed by atoms with E-state index in [1.54, 1.807) is 12.1 Å². The first-order valence-corrected chi connectivity index (χ1v) is 8.90. The Morgan fingerprint density at radius 1 is 0.963 bits per heavy atom. The van der Waals surface area contributed by atoms with Gasteiger partial charge in [0.15, 0.2) is 5.60 Å². The summed E-state index contributed by atoms with van der Waals surface area (Å²) >= 11 is 6.42. The number of aliphatic carboxylic acids is 1. The Bertz CT molecular complexity index is 946. The van der Waals surface area contributed by atoms with E-state index in [-0.39, 0.29) is 0 Å². The molecule has 0 radical (unpaired) electrons. The maximum absolute atomic E-state index is 11.8. The SMILES string of the molecule is Cc1c(Cl)ccc2c1C(c1ccccc1)(c1ccccc1)OC(C(=O)O)O2. The number of hydrogen-bond donors (Lipinski definition) is 1. The molecule has 1 unspecified atom stereocenters. The van der Waals surface area contributed by atoms with Gasteiger partial charge in [-0.25, -0.2) is 4.79 Å².